The first kappa shape index (κ1) is 18.1. The van der Waals surface area contributed by atoms with E-state index in [2.05, 4.69) is 19.1 Å². The van der Waals surface area contributed by atoms with Gasteiger partial charge >= 0.3 is 0 Å². The highest BCUT2D eigenvalue weighted by molar-refractivity contribution is 6.32. The van der Waals surface area contributed by atoms with Gasteiger partial charge in [-0.3, -0.25) is 4.79 Å². The van der Waals surface area contributed by atoms with Gasteiger partial charge in [0, 0.05) is 5.56 Å². The summed E-state index contributed by atoms with van der Waals surface area (Å²) in [6, 6.07) is 11.2. The van der Waals surface area contributed by atoms with Gasteiger partial charge in [-0.15, -0.1) is 0 Å². The molecule has 24 heavy (non-hydrogen) atoms. The Morgan fingerprint density at radius 3 is 2.42 bits per heavy atom. The van der Waals surface area contributed by atoms with Gasteiger partial charge in [-0.05, 0) is 36.2 Å². The van der Waals surface area contributed by atoms with Crippen molar-refractivity contribution in [1.29, 1.82) is 0 Å². The zero-order valence-electron chi connectivity index (χ0n) is 13.9. The van der Waals surface area contributed by atoms with Crippen molar-refractivity contribution in [3.8, 4) is 17.2 Å². The van der Waals surface area contributed by atoms with Gasteiger partial charge in [-0.25, -0.2) is 0 Å². The van der Waals surface area contributed by atoms with Crippen LogP contribution < -0.4 is 14.2 Å². The van der Waals surface area contributed by atoms with Gasteiger partial charge < -0.3 is 14.2 Å². The number of aldehydes is 1. The Kier molecular flexibility index (Phi) is 6.94. The minimum absolute atomic E-state index is 0.313. The van der Waals surface area contributed by atoms with E-state index < -0.39 is 0 Å². The molecule has 0 atom stereocenters. The lowest BCUT2D eigenvalue weighted by Crippen LogP contribution is -2.10. The Morgan fingerprint density at radius 1 is 1.08 bits per heavy atom. The number of carbonyl (C=O) groups excluding carboxylic acids is 1. The van der Waals surface area contributed by atoms with Gasteiger partial charge in [0.05, 0.1) is 12.1 Å². The second kappa shape index (κ2) is 9.18. The van der Waals surface area contributed by atoms with Crippen molar-refractivity contribution in [2.45, 2.75) is 19.8 Å². The number of carbonyl (C=O) groups is 1. The van der Waals surface area contributed by atoms with Crippen LogP contribution in [0.4, 0.5) is 0 Å². The number of methoxy groups -OCH3 is 1. The topological polar surface area (TPSA) is 44.8 Å². The number of aryl methyl sites for hydroxylation is 1. The quantitative estimate of drug-likeness (QED) is 0.492. The second-order valence-electron chi connectivity index (χ2n) is 5.24. The predicted molar refractivity (Wildman–Crippen MR) is 94.8 cm³/mol. The van der Waals surface area contributed by atoms with Crippen molar-refractivity contribution in [3.63, 3.8) is 0 Å². The van der Waals surface area contributed by atoms with Crippen LogP contribution in [-0.4, -0.2) is 26.6 Å². The third kappa shape index (κ3) is 4.90. The lowest BCUT2D eigenvalue weighted by molar-refractivity contribution is 0.112. The average molecular weight is 349 g/mol. The van der Waals surface area contributed by atoms with E-state index in [0.717, 1.165) is 18.6 Å². The van der Waals surface area contributed by atoms with Crippen molar-refractivity contribution in [1.82, 2.24) is 0 Å². The smallest absolute Gasteiger partial charge is 0.179 e. The van der Waals surface area contributed by atoms with E-state index in [9.17, 15) is 4.79 Å². The van der Waals surface area contributed by atoms with E-state index in [1.54, 1.807) is 12.1 Å². The Hall–Kier alpha value is -2.20. The molecule has 0 spiro atoms. The molecule has 0 amide bonds. The van der Waals surface area contributed by atoms with Crippen LogP contribution in [0, 0.1) is 0 Å². The Morgan fingerprint density at radius 2 is 1.79 bits per heavy atom. The van der Waals surface area contributed by atoms with Gasteiger partial charge in [0.15, 0.2) is 11.5 Å². The van der Waals surface area contributed by atoms with Gasteiger partial charge in [0.25, 0.3) is 0 Å². The maximum atomic E-state index is 10.8. The summed E-state index contributed by atoms with van der Waals surface area (Å²) in [7, 11) is 1.50. The molecule has 0 saturated heterocycles. The summed E-state index contributed by atoms with van der Waals surface area (Å²) in [5, 5.41) is 0.334. The molecule has 0 aliphatic carbocycles. The van der Waals surface area contributed by atoms with Crippen LogP contribution in [0.15, 0.2) is 36.4 Å². The Bertz CT molecular complexity index is 668. The molecule has 0 fully saturated rings. The highest BCUT2D eigenvalue weighted by Gasteiger charge is 2.12. The van der Waals surface area contributed by atoms with Crippen molar-refractivity contribution >= 4 is 17.9 Å². The maximum Gasteiger partial charge on any atom is 0.179 e. The zero-order valence-corrected chi connectivity index (χ0v) is 14.6. The van der Waals surface area contributed by atoms with Crippen molar-refractivity contribution < 1.29 is 19.0 Å². The monoisotopic (exact) mass is 348 g/mol. The molecule has 0 saturated carbocycles. The Balaban J connectivity index is 1.89. The first-order valence-electron chi connectivity index (χ1n) is 7.85. The summed E-state index contributed by atoms with van der Waals surface area (Å²) in [6.45, 7) is 2.85. The molecular weight excluding hydrogens is 328 g/mol. The predicted octanol–water partition coefficient (Wildman–Crippen LogP) is 4.57. The van der Waals surface area contributed by atoms with E-state index in [-0.39, 0.29) is 0 Å². The summed E-state index contributed by atoms with van der Waals surface area (Å²) in [6.07, 6.45) is 2.90. The molecule has 0 bridgehead atoms. The highest BCUT2D eigenvalue weighted by atomic mass is 35.5. The molecule has 0 aliphatic heterocycles. The minimum Gasteiger partial charge on any atom is -0.493 e. The molecule has 0 heterocycles. The van der Waals surface area contributed by atoms with Crippen LogP contribution in [0.1, 0.15) is 29.3 Å². The van der Waals surface area contributed by atoms with Crippen molar-refractivity contribution in [3.05, 3.63) is 52.5 Å². The van der Waals surface area contributed by atoms with E-state index >= 15 is 0 Å². The third-order valence-corrected chi connectivity index (χ3v) is 3.73. The first-order chi connectivity index (χ1) is 11.7. The fraction of sp³-hybridized carbons (Fsp3) is 0.316. The van der Waals surface area contributed by atoms with Crippen LogP contribution in [0.25, 0.3) is 0 Å². The number of hydrogen-bond donors (Lipinski definition) is 0. The van der Waals surface area contributed by atoms with Gasteiger partial charge in [-0.2, -0.15) is 0 Å². The SMILES string of the molecule is CCCc1ccc(OCCOc2c(Cl)cc(C=O)cc2OC)cc1. The molecule has 0 unspecified atom stereocenters. The molecule has 2 aromatic carbocycles. The van der Waals surface area contributed by atoms with Crippen molar-refractivity contribution in [2.75, 3.05) is 20.3 Å². The third-order valence-electron chi connectivity index (χ3n) is 3.45. The van der Waals surface area contributed by atoms with Crippen LogP contribution >= 0.6 is 11.6 Å². The van der Waals surface area contributed by atoms with E-state index in [4.69, 9.17) is 25.8 Å². The molecule has 2 rings (SSSR count). The second-order valence-corrected chi connectivity index (χ2v) is 5.65. The van der Waals surface area contributed by atoms with Crippen LogP contribution in [-0.2, 0) is 6.42 Å². The van der Waals surface area contributed by atoms with Crippen molar-refractivity contribution in [2.24, 2.45) is 0 Å². The molecular formula is C19H21ClO4. The molecule has 128 valence electrons. The van der Waals surface area contributed by atoms with Gasteiger partial charge in [-0.1, -0.05) is 37.1 Å². The first-order valence-corrected chi connectivity index (χ1v) is 8.23. The number of benzene rings is 2. The van der Waals surface area contributed by atoms with Crippen LogP contribution in [0.2, 0.25) is 5.02 Å². The normalized spacial score (nSPS) is 10.3. The largest absolute Gasteiger partial charge is 0.493 e. The van der Waals surface area contributed by atoms with E-state index in [0.29, 0.717) is 41.6 Å². The molecule has 0 aliphatic rings. The average Bonchev–Trinajstić information content (AvgIpc) is 2.60. The van der Waals surface area contributed by atoms with E-state index in [1.165, 1.54) is 12.7 Å². The summed E-state index contributed by atoms with van der Waals surface area (Å²) >= 11 is 6.13. The number of rotatable bonds is 9. The van der Waals surface area contributed by atoms with Crippen LogP contribution in [0.5, 0.6) is 17.2 Å². The summed E-state index contributed by atoms with van der Waals surface area (Å²) in [5.41, 5.74) is 1.74. The minimum atomic E-state index is 0.313. The lowest BCUT2D eigenvalue weighted by Gasteiger charge is -2.13. The van der Waals surface area contributed by atoms with Crippen LogP contribution in [0.3, 0.4) is 0 Å². The highest BCUT2D eigenvalue weighted by Crippen LogP contribution is 2.36. The lowest BCUT2D eigenvalue weighted by atomic mass is 10.1. The molecule has 4 nitrogen and oxygen atoms in total. The number of hydrogen-bond acceptors (Lipinski definition) is 4. The number of halogens is 1. The van der Waals surface area contributed by atoms with Gasteiger partial charge in [0.1, 0.15) is 25.2 Å². The molecule has 0 radical (unpaired) electrons. The summed E-state index contributed by atoms with van der Waals surface area (Å²) in [5.74, 6) is 1.63. The standard InChI is InChI=1S/C19H21ClO4/c1-3-4-14-5-7-16(8-6-14)23-9-10-24-19-17(20)11-15(13-21)12-18(19)22-2/h5-8,11-13H,3-4,9-10H2,1-2H3. The summed E-state index contributed by atoms with van der Waals surface area (Å²) in [4.78, 5) is 10.8. The molecule has 5 heteroatoms. The molecule has 0 N–H and O–H groups in total. The van der Waals surface area contributed by atoms with Gasteiger partial charge in [0.2, 0.25) is 0 Å². The number of ether oxygens (including phenoxy) is 3. The van der Waals surface area contributed by atoms with E-state index in [1.807, 2.05) is 12.1 Å². The fourth-order valence-electron chi connectivity index (χ4n) is 2.29. The zero-order chi connectivity index (χ0) is 17.4. The summed E-state index contributed by atoms with van der Waals surface area (Å²) < 4.78 is 16.5. The maximum absolute atomic E-state index is 10.8. The molecule has 2 aromatic rings. The fourth-order valence-corrected chi connectivity index (χ4v) is 2.57. The Labute approximate surface area is 147 Å². The molecule has 0 aromatic heterocycles.